The first-order valence-electron chi connectivity index (χ1n) is 9.91. The number of anilines is 1. The second kappa shape index (κ2) is 11.0. The Labute approximate surface area is 184 Å². The van der Waals surface area contributed by atoms with Crippen LogP contribution in [0.5, 0.6) is 11.5 Å². The average molecular weight is 451 g/mol. The zero-order chi connectivity index (χ0) is 23.0. The number of hydrogen-bond donors (Lipinski definition) is 1. The van der Waals surface area contributed by atoms with Crippen LogP contribution in [0, 0.1) is 6.92 Å². The smallest absolute Gasteiger partial charge is 0.268 e. The summed E-state index contributed by atoms with van der Waals surface area (Å²) in [5.74, 6) is 0.359. The van der Waals surface area contributed by atoms with Crippen LogP contribution in [0.25, 0.3) is 0 Å². The predicted octanol–water partition coefficient (Wildman–Crippen LogP) is 2.75. The Morgan fingerprint density at radius 2 is 1.81 bits per heavy atom. The number of sulfonamides is 1. The Balaban J connectivity index is 2.48. The zero-order valence-electron chi connectivity index (χ0n) is 18.5. The summed E-state index contributed by atoms with van der Waals surface area (Å²) in [5, 5.41) is 2.75. The number of benzene rings is 2. The normalized spacial score (nSPS) is 12.2. The van der Waals surface area contributed by atoms with Crippen LogP contribution in [0.15, 0.2) is 47.4 Å². The van der Waals surface area contributed by atoms with Crippen molar-refractivity contribution < 1.29 is 27.4 Å². The molecule has 31 heavy (non-hydrogen) atoms. The molecule has 0 fully saturated rings. The fourth-order valence-electron chi connectivity index (χ4n) is 3.04. The Morgan fingerprint density at radius 1 is 1.13 bits per heavy atom. The van der Waals surface area contributed by atoms with Gasteiger partial charge in [0.25, 0.3) is 10.0 Å². The van der Waals surface area contributed by atoms with Gasteiger partial charge in [0.15, 0.2) is 0 Å². The first-order valence-corrected chi connectivity index (χ1v) is 11.4. The summed E-state index contributed by atoms with van der Waals surface area (Å²) in [4.78, 5) is 12.6. The molecule has 1 N–H and O–H groups in total. The van der Waals surface area contributed by atoms with Gasteiger partial charge in [-0.05, 0) is 62.7 Å². The van der Waals surface area contributed by atoms with E-state index in [9.17, 15) is 13.2 Å². The third kappa shape index (κ3) is 6.35. The van der Waals surface area contributed by atoms with E-state index in [1.54, 1.807) is 50.2 Å². The molecule has 0 heterocycles. The minimum absolute atomic E-state index is 0.0124. The van der Waals surface area contributed by atoms with Crippen molar-refractivity contribution in [2.24, 2.45) is 0 Å². The first-order chi connectivity index (χ1) is 14.7. The lowest BCUT2D eigenvalue weighted by Gasteiger charge is -2.26. The van der Waals surface area contributed by atoms with Gasteiger partial charge < -0.3 is 19.5 Å². The SMILES string of the molecule is CCOc1ccc(N(CC(=O)N[C@H](C)COC)S(=O)(=O)c2cc(C)ccc2OC)cc1. The second-order valence-corrected chi connectivity index (χ2v) is 8.85. The van der Waals surface area contributed by atoms with E-state index in [0.717, 1.165) is 9.87 Å². The number of carbonyl (C=O) groups excluding carboxylic acids is 1. The third-order valence-corrected chi connectivity index (χ3v) is 6.23. The fraction of sp³-hybridized carbons (Fsp3) is 0.409. The lowest BCUT2D eigenvalue weighted by molar-refractivity contribution is -0.120. The van der Waals surface area contributed by atoms with Crippen molar-refractivity contribution in [3.05, 3.63) is 48.0 Å². The maximum atomic E-state index is 13.6. The molecule has 170 valence electrons. The molecular formula is C22H30N2O6S. The molecule has 8 nitrogen and oxygen atoms in total. The maximum Gasteiger partial charge on any atom is 0.268 e. The highest BCUT2D eigenvalue weighted by atomic mass is 32.2. The molecule has 2 aromatic rings. The van der Waals surface area contributed by atoms with E-state index in [-0.39, 0.29) is 16.7 Å². The first kappa shape index (κ1) is 24.5. The van der Waals surface area contributed by atoms with Gasteiger partial charge in [-0.1, -0.05) is 6.07 Å². The second-order valence-electron chi connectivity index (χ2n) is 7.02. The van der Waals surface area contributed by atoms with Gasteiger partial charge in [-0.2, -0.15) is 0 Å². The van der Waals surface area contributed by atoms with Crippen LogP contribution in [0.4, 0.5) is 5.69 Å². The van der Waals surface area contributed by atoms with Crippen LogP contribution in [-0.4, -0.2) is 54.3 Å². The van der Waals surface area contributed by atoms with Gasteiger partial charge in [0.05, 0.1) is 26.0 Å². The summed E-state index contributed by atoms with van der Waals surface area (Å²) in [6.45, 7) is 5.83. The van der Waals surface area contributed by atoms with Crippen molar-refractivity contribution in [2.75, 3.05) is 38.3 Å². The van der Waals surface area contributed by atoms with E-state index in [0.29, 0.717) is 24.7 Å². The van der Waals surface area contributed by atoms with E-state index in [1.165, 1.54) is 20.3 Å². The summed E-state index contributed by atoms with van der Waals surface area (Å²) in [7, 11) is -1.17. The van der Waals surface area contributed by atoms with Crippen molar-refractivity contribution in [3.63, 3.8) is 0 Å². The molecule has 0 spiro atoms. The minimum Gasteiger partial charge on any atom is -0.495 e. The lowest BCUT2D eigenvalue weighted by atomic mass is 10.2. The highest BCUT2D eigenvalue weighted by Gasteiger charge is 2.30. The summed E-state index contributed by atoms with van der Waals surface area (Å²) < 4.78 is 44.1. The number of carbonyl (C=O) groups is 1. The minimum atomic E-state index is -4.11. The standard InChI is InChI=1S/C22H30N2O6S/c1-6-30-19-10-8-18(9-11-19)24(14-22(25)23-17(3)15-28-4)31(26,27)21-13-16(2)7-12-20(21)29-5/h7-13,17H,6,14-15H2,1-5H3,(H,23,25)/t17-/m1/s1. The zero-order valence-corrected chi connectivity index (χ0v) is 19.4. The molecule has 0 unspecified atom stereocenters. The molecule has 0 aliphatic heterocycles. The maximum absolute atomic E-state index is 13.6. The van der Waals surface area contributed by atoms with Crippen LogP contribution in [-0.2, 0) is 19.6 Å². The molecule has 1 amide bonds. The highest BCUT2D eigenvalue weighted by Crippen LogP contribution is 2.31. The van der Waals surface area contributed by atoms with Gasteiger partial charge in [0, 0.05) is 13.2 Å². The Kier molecular flexibility index (Phi) is 8.70. The number of aryl methyl sites for hydroxylation is 1. The molecule has 2 rings (SSSR count). The molecule has 0 bridgehead atoms. The van der Waals surface area contributed by atoms with Crippen molar-refractivity contribution in [2.45, 2.75) is 31.7 Å². The quantitative estimate of drug-likeness (QED) is 0.566. The number of amides is 1. The number of hydrogen-bond acceptors (Lipinski definition) is 6. The number of methoxy groups -OCH3 is 2. The Hall–Kier alpha value is -2.78. The Morgan fingerprint density at radius 3 is 2.39 bits per heavy atom. The van der Waals surface area contributed by atoms with Crippen molar-refractivity contribution in [1.82, 2.24) is 5.32 Å². The summed E-state index contributed by atoms with van der Waals surface area (Å²) in [6, 6.07) is 11.2. The molecule has 0 radical (unpaired) electrons. The predicted molar refractivity (Wildman–Crippen MR) is 119 cm³/mol. The van der Waals surface area contributed by atoms with Gasteiger partial charge in [0.2, 0.25) is 5.91 Å². The monoisotopic (exact) mass is 450 g/mol. The van der Waals surface area contributed by atoms with Crippen LogP contribution in [0.3, 0.4) is 0 Å². The van der Waals surface area contributed by atoms with Crippen LogP contribution in [0.2, 0.25) is 0 Å². The third-order valence-electron chi connectivity index (χ3n) is 4.43. The van der Waals surface area contributed by atoms with Crippen LogP contribution >= 0.6 is 0 Å². The molecule has 1 atom stereocenters. The summed E-state index contributed by atoms with van der Waals surface area (Å²) in [5.41, 5.74) is 1.09. The molecule has 0 aromatic heterocycles. The topological polar surface area (TPSA) is 94.2 Å². The van der Waals surface area contributed by atoms with E-state index in [1.807, 2.05) is 6.92 Å². The number of nitrogens with zero attached hydrogens (tertiary/aromatic N) is 1. The number of rotatable bonds is 11. The van der Waals surface area contributed by atoms with Crippen molar-refractivity contribution in [1.29, 1.82) is 0 Å². The Bertz CT molecular complexity index is 976. The van der Waals surface area contributed by atoms with Crippen LogP contribution < -0.4 is 19.1 Å². The largest absolute Gasteiger partial charge is 0.495 e. The van der Waals surface area contributed by atoms with Gasteiger partial charge in [-0.15, -0.1) is 0 Å². The van der Waals surface area contributed by atoms with E-state index in [2.05, 4.69) is 5.32 Å². The lowest BCUT2D eigenvalue weighted by Crippen LogP contribution is -2.44. The molecule has 0 saturated heterocycles. The van der Waals surface area contributed by atoms with E-state index >= 15 is 0 Å². The van der Waals surface area contributed by atoms with E-state index < -0.39 is 22.5 Å². The highest BCUT2D eigenvalue weighted by molar-refractivity contribution is 7.93. The van der Waals surface area contributed by atoms with Crippen molar-refractivity contribution in [3.8, 4) is 11.5 Å². The molecule has 0 saturated carbocycles. The summed E-state index contributed by atoms with van der Waals surface area (Å²) in [6.07, 6.45) is 0. The molecule has 2 aromatic carbocycles. The fourth-order valence-corrected chi connectivity index (χ4v) is 4.70. The number of nitrogens with one attached hydrogen (secondary N) is 1. The molecule has 0 aliphatic carbocycles. The molecule has 9 heteroatoms. The van der Waals surface area contributed by atoms with Crippen LogP contribution in [0.1, 0.15) is 19.4 Å². The molecular weight excluding hydrogens is 420 g/mol. The van der Waals surface area contributed by atoms with Gasteiger partial charge in [-0.3, -0.25) is 9.10 Å². The van der Waals surface area contributed by atoms with Crippen molar-refractivity contribution >= 4 is 21.6 Å². The number of ether oxygens (including phenoxy) is 3. The van der Waals surface area contributed by atoms with Gasteiger partial charge >= 0.3 is 0 Å². The van der Waals surface area contributed by atoms with Gasteiger partial charge in [0.1, 0.15) is 22.9 Å². The molecule has 0 aliphatic rings. The van der Waals surface area contributed by atoms with Gasteiger partial charge in [-0.25, -0.2) is 8.42 Å². The average Bonchev–Trinajstić information content (AvgIpc) is 2.73. The van der Waals surface area contributed by atoms with E-state index in [4.69, 9.17) is 14.2 Å². The summed E-state index contributed by atoms with van der Waals surface area (Å²) >= 11 is 0.